The molecule has 1 aliphatic carbocycles. The predicted molar refractivity (Wildman–Crippen MR) is 122 cm³/mol. The van der Waals surface area contributed by atoms with E-state index in [2.05, 4.69) is 62.1 Å². The molecular weight excluding hydrogens is 422 g/mol. The van der Waals surface area contributed by atoms with Crippen molar-refractivity contribution in [2.45, 2.75) is 44.6 Å². The summed E-state index contributed by atoms with van der Waals surface area (Å²) in [5.41, 5.74) is 6.03. The topological polar surface area (TPSA) is 89.9 Å². The second kappa shape index (κ2) is 9.67. The molecule has 0 radical (unpaired) electrons. The molecule has 0 spiro atoms. The van der Waals surface area contributed by atoms with E-state index in [1.54, 1.807) is 0 Å². The molecule has 1 aliphatic heterocycles. The van der Waals surface area contributed by atoms with Crippen LogP contribution in [0.2, 0.25) is 0 Å². The maximum absolute atomic E-state index is 12.1. The number of aryl methyl sites for hydroxylation is 2. The Bertz CT molecular complexity index is 1120. The first-order chi connectivity index (χ1) is 15.7. The highest BCUT2D eigenvalue weighted by Gasteiger charge is 2.23. The average molecular weight is 448 g/mol. The molecule has 0 atom stereocenters. The van der Waals surface area contributed by atoms with Crippen LogP contribution < -0.4 is 5.32 Å². The quantitative estimate of drug-likeness (QED) is 0.507. The standard InChI is InChI=1S/C24H25N5O2S/c30-23(25-20-14-31-15-20)24-29-28-22(32-24)9-5-4-8-19-13-18-11-17(12-21(18)27-26-19)10-16-6-2-1-3-7-16/h1-3,6-7,11,13,20H,4-5,8-10,12,14-15H2,(H,25,30). The fourth-order valence-electron chi connectivity index (χ4n) is 3.91. The second-order valence-electron chi connectivity index (χ2n) is 8.30. The smallest absolute Gasteiger partial charge is 0.282 e. The third-order valence-corrected chi connectivity index (χ3v) is 6.67. The molecule has 0 saturated carbocycles. The zero-order chi connectivity index (χ0) is 21.8. The van der Waals surface area contributed by atoms with Crippen molar-refractivity contribution in [1.29, 1.82) is 0 Å². The van der Waals surface area contributed by atoms with Crippen LogP contribution in [0.4, 0.5) is 0 Å². The monoisotopic (exact) mass is 447 g/mol. The number of amides is 1. The van der Waals surface area contributed by atoms with Crippen molar-refractivity contribution in [3.63, 3.8) is 0 Å². The Balaban J connectivity index is 1.09. The van der Waals surface area contributed by atoms with Crippen molar-refractivity contribution < 1.29 is 9.53 Å². The maximum atomic E-state index is 12.1. The Labute approximate surface area is 191 Å². The fraction of sp³-hybridized carbons (Fsp3) is 0.375. The molecule has 1 N–H and O–H groups in total. The van der Waals surface area contributed by atoms with E-state index >= 15 is 0 Å². The van der Waals surface area contributed by atoms with Crippen LogP contribution in [0.5, 0.6) is 0 Å². The van der Waals surface area contributed by atoms with Crippen molar-refractivity contribution in [3.05, 3.63) is 74.5 Å². The molecule has 0 unspecified atom stereocenters. The number of aromatic nitrogens is 4. The summed E-state index contributed by atoms with van der Waals surface area (Å²) in [5, 5.41) is 21.3. The third kappa shape index (κ3) is 5.08. The molecule has 2 aliphatic rings. The lowest BCUT2D eigenvalue weighted by molar-refractivity contribution is -0.00347. The molecule has 2 aromatic heterocycles. The van der Waals surface area contributed by atoms with Crippen molar-refractivity contribution in [2.75, 3.05) is 13.2 Å². The van der Waals surface area contributed by atoms with Crippen LogP contribution >= 0.6 is 11.3 Å². The Morgan fingerprint density at radius 1 is 1.06 bits per heavy atom. The van der Waals surface area contributed by atoms with Crippen LogP contribution in [0.15, 0.2) is 42.0 Å². The molecule has 3 heterocycles. The number of hydrogen-bond acceptors (Lipinski definition) is 7. The van der Waals surface area contributed by atoms with Gasteiger partial charge >= 0.3 is 0 Å². The van der Waals surface area contributed by atoms with Crippen LogP contribution in [0, 0.1) is 0 Å². The Morgan fingerprint density at radius 2 is 1.91 bits per heavy atom. The first kappa shape index (κ1) is 20.9. The molecule has 0 bridgehead atoms. The number of rotatable bonds is 9. The molecule has 1 fully saturated rings. The van der Waals surface area contributed by atoms with Gasteiger partial charge in [0.15, 0.2) is 0 Å². The number of carbonyl (C=O) groups is 1. The van der Waals surface area contributed by atoms with Gasteiger partial charge < -0.3 is 10.1 Å². The zero-order valence-electron chi connectivity index (χ0n) is 17.8. The maximum Gasteiger partial charge on any atom is 0.282 e. The number of carbonyl (C=O) groups excluding carboxylic acids is 1. The van der Waals surface area contributed by atoms with E-state index in [0.29, 0.717) is 18.2 Å². The van der Waals surface area contributed by atoms with E-state index in [4.69, 9.17) is 4.74 Å². The summed E-state index contributed by atoms with van der Waals surface area (Å²) in [6.45, 7) is 1.15. The summed E-state index contributed by atoms with van der Waals surface area (Å²) in [7, 11) is 0. The van der Waals surface area contributed by atoms with Crippen molar-refractivity contribution in [1.82, 2.24) is 25.7 Å². The molecule has 164 valence electrons. The van der Waals surface area contributed by atoms with E-state index in [9.17, 15) is 4.79 Å². The number of ether oxygens (including phenoxy) is 1. The molecule has 5 rings (SSSR count). The van der Waals surface area contributed by atoms with E-state index in [-0.39, 0.29) is 11.9 Å². The molecule has 1 amide bonds. The molecule has 1 saturated heterocycles. The van der Waals surface area contributed by atoms with Gasteiger partial charge in [0, 0.05) is 12.8 Å². The highest BCUT2D eigenvalue weighted by molar-refractivity contribution is 7.13. The minimum Gasteiger partial charge on any atom is -0.377 e. The number of nitrogens with one attached hydrogen (secondary N) is 1. The summed E-state index contributed by atoms with van der Waals surface area (Å²) in [4.78, 5) is 12.1. The lowest BCUT2D eigenvalue weighted by Crippen LogP contribution is -2.48. The van der Waals surface area contributed by atoms with Gasteiger partial charge in [-0.05, 0) is 42.9 Å². The van der Waals surface area contributed by atoms with E-state index in [1.807, 2.05) is 6.07 Å². The number of nitrogens with zero attached hydrogens (tertiary/aromatic N) is 4. The minimum absolute atomic E-state index is 0.104. The van der Waals surface area contributed by atoms with Gasteiger partial charge in [-0.3, -0.25) is 4.79 Å². The molecule has 1 aromatic carbocycles. The number of benzene rings is 1. The summed E-state index contributed by atoms with van der Waals surface area (Å²) in [6.07, 6.45) is 7.78. The van der Waals surface area contributed by atoms with E-state index < -0.39 is 0 Å². The van der Waals surface area contributed by atoms with Crippen molar-refractivity contribution >= 4 is 23.3 Å². The first-order valence-electron chi connectivity index (χ1n) is 11.0. The largest absolute Gasteiger partial charge is 0.377 e. The molecule has 7 nitrogen and oxygen atoms in total. The molecule has 32 heavy (non-hydrogen) atoms. The molecular formula is C24H25N5O2S. The van der Waals surface area contributed by atoms with Crippen LogP contribution in [0.1, 0.15) is 50.2 Å². The fourth-order valence-corrected chi connectivity index (χ4v) is 4.70. The summed E-state index contributed by atoms with van der Waals surface area (Å²) in [5.74, 6) is -0.157. The zero-order valence-corrected chi connectivity index (χ0v) is 18.6. The van der Waals surface area contributed by atoms with E-state index in [0.717, 1.165) is 54.9 Å². The van der Waals surface area contributed by atoms with Crippen molar-refractivity contribution in [2.24, 2.45) is 0 Å². The van der Waals surface area contributed by atoms with Crippen LogP contribution in [-0.4, -0.2) is 45.6 Å². The summed E-state index contributed by atoms with van der Waals surface area (Å²) >= 11 is 1.37. The average Bonchev–Trinajstić information content (AvgIpc) is 3.41. The molecule has 8 heteroatoms. The second-order valence-corrected chi connectivity index (χ2v) is 9.36. The minimum atomic E-state index is -0.157. The van der Waals surface area contributed by atoms with Gasteiger partial charge in [0.2, 0.25) is 5.01 Å². The number of allylic oxidation sites excluding steroid dienone is 1. The lowest BCUT2D eigenvalue weighted by atomic mass is 10.0. The van der Waals surface area contributed by atoms with Gasteiger partial charge in [-0.2, -0.15) is 10.2 Å². The Kier molecular flexibility index (Phi) is 6.31. The SMILES string of the molecule is O=C(NC1COC1)c1nnc(CCCCc2cc3c(nn2)CC(Cc2ccccc2)=C3)s1. The van der Waals surface area contributed by atoms with Gasteiger partial charge in [0.05, 0.1) is 30.6 Å². The first-order valence-corrected chi connectivity index (χ1v) is 11.8. The van der Waals surface area contributed by atoms with Crippen molar-refractivity contribution in [3.8, 4) is 0 Å². The summed E-state index contributed by atoms with van der Waals surface area (Å²) in [6, 6.07) is 12.8. The Hall–Kier alpha value is -2.97. The van der Waals surface area contributed by atoms with E-state index in [1.165, 1.54) is 28.0 Å². The van der Waals surface area contributed by atoms with Crippen LogP contribution in [0.3, 0.4) is 0 Å². The molecule has 3 aromatic rings. The number of unbranched alkanes of at least 4 members (excludes halogenated alkanes) is 1. The van der Waals surface area contributed by atoms with Crippen LogP contribution in [-0.2, 0) is 30.4 Å². The lowest BCUT2D eigenvalue weighted by Gasteiger charge is -2.26. The van der Waals surface area contributed by atoms with Gasteiger partial charge in [-0.15, -0.1) is 10.2 Å². The highest BCUT2D eigenvalue weighted by atomic mass is 32.1. The third-order valence-electron chi connectivity index (χ3n) is 5.69. The van der Waals surface area contributed by atoms with Gasteiger partial charge in [0.25, 0.3) is 5.91 Å². The summed E-state index contributed by atoms with van der Waals surface area (Å²) < 4.78 is 5.07. The predicted octanol–water partition coefficient (Wildman–Crippen LogP) is 3.20. The van der Waals surface area contributed by atoms with Gasteiger partial charge in [-0.25, -0.2) is 0 Å². The van der Waals surface area contributed by atoms with Gasteiger partial charge in [0.1, 0.15) is 5.01 Å². The van der Waals surface area contributed by atoms with Gasteiger partial charge in [-0.1, -0.05) is 53.3 Å². The highest BCUT2D eigenvalue weighted by Crippen LogP contribution is 2.26. The normalized spacial score (nSPS) is 15.2. The Morgan fingerprint density at radius 3 is 2.72 bits per heavy atom. The number of hydrogen-bond donors (Lipinski definition) is 1. The van der Waals surface area contributed by atoms with Crippen LogP contribution in [0.25, 0.3) is 6.08 Å². The number of fused-ring (bicyclic) bond motifs is 1.